The quantitative estimate of drug-likeness (QED) is 0.278. The summed E-state index contributed by atoms with van der Waals surface area (Å²) in [6.07, 6.45) is 2.52. The Hall–Kier alpha value is -3.35. The van der Waals surface area contributed by atoms with Crippen molar-refractivity contribution in [2.24, 2.45) is 17.1 Å². The van der Waals surface area contributed by atoms with Gasteiger partial charge in [-0.05, 0) is 58.2 Å². The highest BCUT2D eigenvalue weighted by Crippen LogP contribution is 2.24. The van der Waals surface area contributed by atoms with Crippen molar-refractivity contribution in [1.29, 1.82) is 0 Å². The molecule has 3 unspecified atom stereocenters. The zero-order chi connectivity index (χ0) is 31.0. The molecule has 42 heavy (non-hydrogen) atoms. The molecular formula is C30H40BrN5O6. The number of carbonyl (C=O) groups is 4. The van der Waals surface area contributed by atoms with Crippen molar-refractivity contribution in [3.05, 3.63) is 53.2 Å². The largest absolute Gasteiger partial charge is 0.451 e. The number of aromatic nitrogens is 1. The number of fused-ring (bicyclic) bond motifs is 1. The van der Waals surface area contributed by atoms with Gasteiger partial charge in [-0.1, -0.05) is 41.1 Å². The summed E-state index contributed by atoms with van der Waals surface area (Å²) in [7, 11) is 0. The molecule has 2 saturated heterocycles. The molecule has 11 nitrogen and oxygen atoms in total. The first-order valence-electron chi connectivity index (χ1n) is 14.0. The van der Waals surface area contributed by atoms with Crippen LogP contribution in [0.5, 0.6) is 0 Å². The predicted octanol–water partition coefficient (Wildman–Crippen LogP) is 2.80. The minimum Gasteiger partial charge on any atom is -0.451 e. The van der Waals surface area contributed by atoms with Crippen molar-refractivity contribution in [3.8, 4) is 0 Å². The molecule has 2 aromatic rings. The van der Waals surface area contributed by atoms with Crippen LogP contribution >= 0.6 is 15.9 Å². The van der Waals surface area contributed by atoms with E-state index in [1.807, 2.05) is 6.07 Å². The lowest BCUT2D eigenvalue weighted by atomic mass is 9.93. The number of rotatable bonds is 9. The minimum absolute atomic E-state index is 0.283. The van der Waals surface area contributed by atoms with Crippen LogP contribution < -0.4 is 16.5 Å². The Balaban J connectivity index is 0.000000307. The SMILES string of the molecule is C=CC(C)(C)C(=O)OC(C(=O)NC(C)C(=O)N1CCCC(C(N)=O)N1)C1COC1.CCc1ccc2ccc(Br)cc2n1. The summed E-state index contributed by atoms with van der Waals surface area (Å²) in [4.78, 5) is 53.7. The zero-order valence-corrected chi connectivity index (χ0v) is 26.1. The normalized spacial score (nSPS) is 18.5. The molecule has 0 saturated carbocycles. The van der Waals surface area contributed by atoms with Gasteiger partial charge in [-0.2, -0.15) is 0 Å². The van der Waals surface area contributed by atoms with E-state index >= 15 is 0 Å². The molecule has 3 amide bonds. The van der Waals surface area contributed by atoms with Gasteiger partial charge in [-0.25, -0.2) is 5.43 Å². The fraction of sp³-hybridized carbons (Fsp3) is 0.500. The highest BCUT2D eigenvalue weighted by Gasteiger charge is 2.41. The summed E-state index contributed by atoms with van der Waals surface area (Å²) in [5.41, 5.74) is 9.34. The summed E-state index contributed by atoms with van der Waals surface area (Å²) in [5.74, 6) is -2.39. The van der Waals surface area contributed by atoms with Gasteiger partial charge in [0.1, 0.15) is 12.1 Å². The third kappa shape index (κ3) is 8.59. The first-order chi connectivity index (χ1) is 19.9. The molecule has 0 aliphatic carbocycles. The second-order valence-electron chi connectivity index (χ2n) is 11.0. The molecule has 1 aromatic heterocycles. The van der Waals surface area contributed by atoms with Gasteiger partial charge in [-0.3, -0.25) is 29.2 Å². The van der Waals surface area contributed by atoms with Gasteiger partial charge in [0.05, 0.1) is 30.1 Å². The van der Waals surface area contributed by atoms with Gasteiger partial charge in [0.25, 0.3) is 11.8 Å². The first-order valence-corrected chi connectivity index (χ1v) is 14.8. The molecule has 2 aliphatic heterocycles. The fourth-order valence-electron chi connectivity index (χ4n) is 4.21. The molecule has 2 fully saturated rings. The maximum Gasteiger partial charge on any atom is 0.316 e. The van der Waals surface area contributed by atoms with E-state index in [9.17, 15) is 19.2 Å². The number of halogens is 1. The number of benzene rings is 1. The molecule has 0 radical (unpaired) electrons. The molecule has 3 atom stereocenters. The van der Waals surface area contributed by atoms with Crippen molar-refractivity contribution in [2.45, 2.75) is 65.1 Å². The van der Waals surface area contributed by atoms with Crippen LogP contribution in [0.1, 0.15) is 46.2 Å². The second-order valence-corrected chi connectivity index (χ2v) is 11.9. The topological polar surface area (TPSA) is 153 Å². The lowest BCUT2D eigenvalue weighted by molar-refractivity contribution is -0.177. The van der Waals surface area contributed by atoms with Crippen LogP contribution in [0.25, 0.3) is 10.9 Å². The Kier molecular flexibility index (Phi) is 11.6. The van der Waals surface area contributed by atoms with Gasteiger partial charge in [0.2, 0.25) is 5.91 Å². The second kappa shape index (κ2) is 14.7. The minimum atomic E-state index is -1.07. The van der Waals surface area contributed by atoms with E-state index in [1.165, 1.54) is 23.4 Å². The van der Waals surface area contributed by atoms with Crippen molar-refractivity contribution < 1.29 is 28.7 Å². The van der Waals surface area contributed by atoms with E-state index in [1.54, 1.807) is 13.8 Å². The zero-order valence-electron chi connectivity index (χ0n) is 24.5. The maximum atomic E-state index is 12.8. The van der Waals surface area contributed by atoms with Crippen LogP contribution in [-0.2, 0) is 35.1 Å². The van der Waals surface area contributed by atoms with E-state index in [-0.39, 0.29) is 19.1 Å². The van der Waals surface area contributed by atoms with Gasteiger partial charge in [0.15, 0.2) is 6.10 Å². The molecule has 4 N–H and O–H groups in total. The van der Waals surface area contributed by atoms with E-state index in [0.29, 0.717) is 19.4 Å². The molecule has 228 valence electrons. The summed E-state index contributed by atoms with van der Waals surface area (Å²) in [5, 5.41) is 5.08. The first kappa shape index (κ1) is 33.2. The Bertz CT molecular complexity index is 1310. The van der Waals surface area contributed by atoms with Gasteiger partial charge in [0, 0.05) is 22.1 Å². The number of hydrazine groups is 1. The average Bonchev–Trinajstić information content (AvgIpc) is 2.95. The van der Waals surface area contributed by atoms with Crippen LogP contribution in [0.4, 0.5) is 0 Å². The smallest absolute Gasteiger partial charge is 0.316 e. The monoisotopic (exact) mass is 645 g/mol. The number of carbonyl (C=O) groups excluding carboxylic acids is 4. The van der Waals surface area contributed by atoms with Crippen LogP contribution in [0.2, 0.25) is 0 Å². The van der Waals surface area contributed by atoms with Crippen molar-refractivity contribution in [3.63, 3.8) is 0 Å². The maximum absolute atomic E-state index is 12.8. The molecule has 1 aromatic carbocycles. The molecule has 2 aliphatic rings. The lowest BCUT2D eigenvalue weighted by Gasteiger charge is -2.36. The predicted molar refractivity (Wildman–Crippen MR) is 162 cm³/mol. The number of esters is 1. The number of nitrogens with zero attached hydrogens (tertiary/aromatic N) is 2. The number of ether oxygens (including phenoxy) is 2. The van der Waals surface area contributed by atoms with E-state index in [0.717, 1.165) is 22.1 Å². The van der Waals surface area contributed by atoms with Crippen molar-refractivity contribution >= 4 is 50.5 Å². The van der Waals surface area contributed by atoms with Gasteiger partial charge in [-0.15, -0.1) is 6.58 Å². The Morgan fingerprint density at radius 3 is 2.57 bits per heavy atom. The number of primary amides is 1. The number of amides is 3. The van der Waals surface area contributed by atoms with Crippen LogP contribution in [-0.4, -0.2) is 71.6 Å². The van der Waals surface area contributed by atoms with Crippen molar-refractivity contribution in [1.82, 2.24) is 20.7 Å². The molecule has 3 heterocycles. The summed E-state index contributed by atoms with van der Waals surface area (Å²) >= 11 is 3.44. The number of pyridine rings is 1. The third-order valence-electron chi connectivity index (χ3n) is 7.22. The summed E-state index contributed by atoms with van der Waals surface area (Å²) in [6, 6.07) is 8.84. The Morgan fingerprint density at radius 1 is 1.29 bits per heavy atom. The molecular weight excluding hydrogens is 606 g/mol. The summed E-state index contributed by atoms with van der Waals surface area (Å²) < 4.78 is 11.6. The Morgan fingerprint density at radius 2 is 1.98 bits per heavy atom. The highest BCUT2D eigenvalue weighted by molar-refractivity contribution is 9.10. The van der Waals surface area contributed by atoms with Gasteiger partial charge >= 0.3 is 5.97 Å². The van der Waals surface area contributed by atoms with Crippen LogP contribution in [0, 0.1) is 11.3 Å². The number of nitrogens with one attached hydrogen (secondary N) is 2. The summed E-state index contributed by atoms with van der Waals surface area (Å²) in [6.45, 7) is 11.5. The van der Waals surface area contributed by atoms with Crippen LogP contribution in [0.15, 0.2) is 47.5 Å². The standard InChI is InChI=1S/C19H30N4O6.C11H10BrN/c1-5-19(3,4)18(27)29-14(12-9-28-10-12)16(25)21-11(2)17(26)23-8-6-7-13(22-23)15(20)24;1-2-10-6-4-8-3-5-9(12)7-11(8)13-10/h5,11-14,22H,1,6-10H2,2-4H3,(H2,20,24)(H,21,25);3-7H,2H2,1H3. The average molecular weight is 647 g/mol. The number of aryl methyl sites for hydroxylation is 1. The molecule has 4 rings (SSSR count). The number of nitrogens with two attached hydrogens (primary N) is 1. The molecule has 12 heteroatoms. The van der Waals surface area contributed by atoms with Gasteiger partial charge < -0.3 is 20.5 Å². The van der Waals surface area contributed by atoms with E-state index < -0.39 is 47.3 Å². The Labute approximate surface area is 254 Å². The molecule has 0 bridgehead atoms. The van der Waals surface area contributed by atoms with E-state index in [4.69, 9.17) is 15.2 Å². The highest BCUT2D eigenvalue weighted by atomic mass is 79.9. The number of hydrogen-bond donors (Lipinski definition) is 3. The number of hydrogen-bond acceptors (Lipinski definition) is 8. The molecule has 0 spiro atoms. The van der Waals surface area contributed by atoms with E-state index in [2.05, 4.69) is 69.4 Å². The lowest BCUT2D eigenvalue weighted by Crippen LogP contribution is -2.61. The fourth-order valence-corrected chi connectivity index (χ4v) is 4.56. The third-order valence-corrected chi connectivity index (χ3v) is 7.71. The van der Waals surface area contributed by atoms with Crippen LogP contribution in [0.3, 0.4) is 0 Å². The van der Waals surface area contributed by atoms with Crippen molar-refractivity contribution in [2.75, 3.05) is 19.8 Å².